The highest BCUT2D eigenvalue weighted by molar-refractivity contribution is 7.80. The number of para-hydroxylation sites is 2. The fourth-order valence-corrected chi connectivity index (χ4v) is 2.05. The highest BCUT2D eigenvalue weighted by atomic mass is 32.1. The van der Waals surface area contributed by atoms with Gasteiger partial charge in [0.25, 0.3) is 5.91 Å². The van der Waals surface area contributed by atoms with E-state index in [0.717, 1.165) is 5.69 Å². The summed E-state index contributed by atoms with van der Waals surface area (Å²) in [6, 6.07) is 16.9. The van der Waals surface area contributed by atoms with Gasteiger partial charge in [0, 0.05) is 19.8 Å². The first-order chi connectivity index (χ1) is 10.1. The quantitative estimate of drug-likeness (QED) is 0.854. The van der Waals surface area contributed by atoms with Crippen molar-refractivity contribution in [3.63, 3.8) is 0 Å². The number of carbonyl (C=O) groups excluding carboxylic acids is 1. The molecule has 0 aliphatic rings. The van der Waals surface area contributed by atoms with Crippen LogP contribution in [0.15, 0.2) is 54.6 Å². The minimum absolute atomic E-state index is 0.0689. The first-order valence-corrected chi connectivity index (χ1v) is 6.92. The Bertz CT molecular complexity index is 641. The van der Waals surface area contributed by atoms with Gasteiger partial charge >= 0.3 is 0 Å². The van der Waals surface area contributed by atoms with Crippen molar-refractivity contribution in [2.24, 2.45) is 0 Å². The van der Waals surface area contributed by atoms with Crippen molar-refractivity contribution in [1.29, 1.82) is 0 Å². The highest BCUT2D eigenvalue weighted by Crippen LogP contribution is 2.17. The van der Waals surface area contributed by atoms with Crippen LogP contribution >= 0.6 is 12.2 Å². The number of thiocarbonyl (C=S) groups is 1. The van der Waals surface area contributed by atoms with Crippen molar-refractivity contribution < 1.29 is 4.79 Å². The minimum atomic E-state index is -0.0689. The van der Waals surface area contributed by atoms with Gasteiger partial charge in [0.05, 0.1) is 11.3 Å². The van der Waals surface area contributed by atoms with Crippen LogP contribution in [0.25, 0.3) is 0 Å². The van der Waals surface area contributed by atoms with Crippen molar-refractivity contribution in [3.05, 3.63) is 60.2 Å². The average Bonchev–Trinajstić information content (AvgIpc) is 2.48. The maximum Gasteiger partial charge on any atom is 0.255 e. The van der Waals surface area contributed by atoms with E-state index in [4.69, 9.17) is 12.2 Å². The predicted octanol–water partition coefficient (Wildman–Crippen LogP) is 3.20. The molecule has 2 rings (SSSR count). The molecule has 0 saturated carbocycles. The van der Waals surface area contributed by atoms with Gasteiger partial charge in [-0.3, -0.25) is 4.79 Å². The second-order valence-corrected chi connectivity index (χ2v) is 5.10. The summed E-state index contributed by atoms with van der Waals surface area (Å²) in [5.41, 5.74) is 2.16. The molecule has 0 fully saturated rings. The summed E-state index contributed by atoms with van der Waals surface area (Å²) in [5.74, 6) is -0.0689. The van der Waals surface area contributed by atoms with E-state index in [9.17, 15) is 4.79 Å². The summed E-state index contributed by atoms with van der Waals surface area (Å²) in [5, 5.41) is 6.59. The molecule has 0 aromatic heterocycles. The molecule has 0 radical (unpaired) electrons. The van der Waals surface area contributed by atoms with Gasteiger partial charge in [0.15, 0.2) is 5.11 Å². The number of rotatable bonds is 3. The Morgan fingerprint density at radius 3 is 2.24 bits per heavy atom. The minimum Gasteiger partial charge on any atom is -0.345 e. The number of benzene rings is 2. The van der Waals surface area contributed by atoms with Gasteiger partial charge in [-0.25, -0.2) is 0 Å². The zero-order chi connectivity index (χ0) is 15.2. The molecule has 5 heteroatoms. The van der Waals surface area contributed by atoms with Crippen LogP contribution in [-0.2, 0) is 0 Å². The number of hydrogen-bond donors (Lipinski definition) is 2. The van der Waals surface area contributed by atoms with Crippen LogP contribution in [0.3, 0.4) is 0 Å². The van der Waals surface area contributed by atoms with E-state index in [0.29, 0.717) is 16.4 Å². The van der Waals surface area contributed by atoms with E-state index in [1.165, 1.54) is 4.90 Å². The van der Waals surface area contributed by atoms with Crippen molar-refractivity contribution in [2.45, 2.75) is 0 Å². The summed E-state index contributed by atoms with van der Waals surface area (Å²) in [7, 11) is 3.44. The largest absolute Gasteiger partial charge is 0.345 e. The van der Waals surface area contributed by atoms with Crippen molar-refractivity contribution in [3.8, 4) is 0 Å². The van der Waals surface area contributed by atoms with Crippen LogP contribution in [-0.4, -0.2) is 30.0 Å². The van der Waals surface area contributed by atoms with Crippen molar-refractivity contribution in [1.82, 2.24) is 4.90 Å². The summed E-state index contributed by atoms with van der Waals surface area (Å²) in [4.78, 5) is 13.7. The van der Waals surface area contributed by atoms with Gasteiger partial charge in [-0.15, -0.1) is 0 Å². The number of nitrogens with zero attached hydrogens (tertiary/aromatic N) is 1. The number of carbonyl (C=O) groups is 1. The number of hydrogen-bond acceptors (Lipinski definition) is 2. The second-order valence-electron chi connectivity index (χ2n) is 4.69. The van der Waals surface area contributed by atoms with Gasteiger partial charge in [-0.05, 0) is 36.5 Å². The molecule has 0 bridgehead atoms. The molecule has 0 aliphatic carbocycles. The Labute approximate surface area is 129 Å². The lowest BCUT2D eigenvalue weighted by atomic mass is 10.1. The maximum atomic E-state index is 12.1. The third kappa shape index (κ3) is 4.03. The van der Waals surface area contributed by atoms with E-state index in [1.807, 2.05) is 48.5 Å². The fourth-order valence-electron chi connectivity index (χ4n) is 1.83. The zero-order valence-corrected chi connectivity index (χ0v) is 12.8. The van der Waals surface area contributed by atoms with Gasteiger partial charge in [-0.1, -0.05) is 30.3 Å². The summed E-state index contributed by atoms with van der Waals surface area (Å²) in [6.45, 7) is 0. The van der Waals surface area contributed by atoms with Gasteiger partial charge in [-0.2, -0.15) is 0 Å². The van der Waals surface area contributed by atoms with Crippen LogP contribution < -0.4 is 10.6 Å². The normalized spacial score (nSPS) is 9.81. The molecule has 1 amide bonds. The van der Waals surface area contributed by atoms with E-state index in [2.05, 4.69) is 10.6 Å². The van der Waals surface area contributed by atoms with E-state index in [1.54, 1.807) is 20.2 Å². The summed E-state index contributed by atoms with van der Waals surface area (Å²) >= 11 is 5.28. The summed E-state index contributed by atoms with van der Waals surface area (Å²) < 4.78 is 0. The van der Waals surface area contributed by atoms with Crippen molar-refractivity contribution in [2.75, 3.05) is 24.7 Å². The lowest BCUT2D eigenvalue weighted by molar-refractivity contribution is 0.0828. The monoisotopic (exact) mass is 299 g/mol. The van der Waals surface area contributed by atoms with E-state index >= 15 is 0 Å². The molecule has 0 spiro atoms. The molecule has 4 nitrogen and oxygen atoms in total. The smallest absolute Gasteiger partial charge is 0.255 e. The SMILES string of the molecule is CN(C)C(=O)c1ccccc1NC(=S)Nc1ccccc1. The van der Waals surface area contributed by atoms with Gasteiger partial charge < -0.3 is 15.5 Å². The zero-order valence-electron chi connectivity index (χ0n) is 12.0. The lowest BCUT2D eigenvalue weighted by Gasteiger charge is -2.16. The van der Waals surface area contributed by atoms with Crippen LogP contribution in [0.5, 0.6) is 0 Å². The highest BCUT2D eigenvalue weighted by Gasteiger charge is 2.13. The third-order valence-electron chi connectivity index (χ3n) is 2.84. The summed E-state index contributed by atoms with van der Waals surface area (Å²) in [6.07, 6.45) is 0. The molecule has 0 saturated heterocycles. The predicted molar refractivity (Wildman–Crippen MR) is 90.7 cm³/mol. The number of anilines is 2. The average molecular weight is 299 g/mol. The van der Waals surface area contributed by atoms with E-state index < -0.39 is 0 Å². The molecule has 21 heavy (non-hydrogen) atoms. The Morgan fingerprint density at radius 2 is 1.57 bits per heavy atom. The van der Waals surface area contributed by atoms with Crippen LogP contribution in [0.1, 0.15) is 10.4 Å². The first-order valence-electron chi connectivity index (χ1n) is 6.51. The molecule has 2 aromatic carbocycles. The van der Waals surface area contributed by atoms with Crippen LogP contribution in [0, 0.1) is 0 Å². The second kappa shape index (κ2) is 6.85. The molecule has 2 aromatic rings. The Balaban J connectivity index is 2.13. The fraction of sp³-hybridized carbons (Fsp3) is 0.125. The topological polar surface area (TPSA) is 44.4 Å². The molecule has 0 unspecified atom stereocenters. The maximum absolute atomic E-state index is 12.1. The molecule has 108 valence electrons. The number of amides is 1. The lowest BCUT2D eigenvalue weighted by Crippen LogP contribution is -2.25. The molecular formula is C16H17N3OS. The molecule has 2 N–H and O–H groups in total. The Hall–Kier alpha value is -2.40. The Kier molecular flexibility index (Phi) is 4.90. The van der Waals surface area contributed by atoms with Gasteiger partial charge in [0.2, 0.25) is 0 Å². The van der Waals surface area contributed by atoms with Crippen LogP contribution in [0.2, 0.25) is 0 Å². The standard InChI is InChI=1S/C16H17N3OS/c1-19(2)15(20)13-10-6-7-11-14(13)18-16(21)17-12-8-4-3-5-9-12/h3-11H,1-2H3,(H2,17,18,21). The van der Waals surface area contributed by atoms with Crippen molar-refractivity contribution >= 4 is 34.6 Å². The first kappa shape index (κ1) is 15.0. The van der Waals surface area contributed by atoms with Gasteiger partial charge in [0.1, 0.15) is 0 Å². The number of nitrogens with one attached hydrogen (secondary N) is 2. The molecule has 0 heterocycles. The third-order valence-corrected chi connectivity index (χ3v) is 3.05. The molecule has 0 atom stereocenters. The molecular weight excluding hydrogens is 282 g/mol. The van der Waals surface area contributed by atoms with E-state index in [-0.39, 0.29) is 5.91 Å². The van der Waals surface area contributed by atoms with Crippen LogP contribution in [0.4, 0.5) is 11.4 Å². The Morgan fingerprint density at radius 1 is 0.952 bits per heavy atom. The molecule has 0 aliphatic heterocycles.